The van der Waals surface area contributed by atoms with Gasteiger partial charge in [-0.3, -0.25) is 9.78 Å². The van der Waals surface area contributed by atoms with Gasteiger partial charge in [0.1, 0.15) is 5.75 Å². The molecular formula is C20H17ClN2O2. The maximum atomic E-state index is 12.7. The highest BCUT2D eigenvalue weighted by Crippen LogP contribution is 2.25. The Balaban J connectivity index is 1.94. The Morgan fingerprint density at radius 1 is 1.04 bits per heavy atom. The minimum Gasteiger partial charge on any atom is -0.497 e. The van der Waals surface area contributed by atoms with Crippen LogP contribution in [0.2, 0.25) is 5.02 Å². The second-order valence-corrected chi connectivity index (χ2v) is 5.85. The lowest BCUT2D eigenvalue weighted by atomic mass is 9.98. The first kappa shape index (κ1) is 17.0. The van der Waals surface area contributed by atoms with E-state index in [4.69, 9.17) is 16.3 Å². The molecule has 1 N–H and O–H groups in total. The lowest BCUT2D eigenvalue weighted by molar-refractivity contribution is 0.0943. The molecule has 3 rings (SSSR count). The molecule has 3 aromatic rings. The zero-order chi connectivity index (χ0) is 17.6. The van der Waals surface area contributed by atoms with E-state index in [1.54, 1.807) is 19.4 Å². The van der Waals surface area contributed by atoms with Crippen LogP contribution in [0.5, 0.6) is 5.75 Å². The van der Waals surface area contributed by atoms with Crippen molar-refractivity contribution in [3.05, 3.63) is 94.8 Å². The SMILES string of the molecule is COc1ccc([C@H](NC(=O)c2ccncc2Cl)c2ccccc2)cc1. The van der Waals surface area contributed by atoms with Crippen LogP contribution < -0.4 is 10.1 Å². The van der Waals surface area contributed by atoms with Gasteiger partial charge in [0.2, 0.25) is 0 Å². The van der Waals surface area contributed by atoms with Gasteiger partial charge in [0.25, 0.3) is 5.91 Å². The number of amides is 1. The van der Waals surface area contributed by atoms with Crippen molar-refractivity contribution in [2.45, 2.75) is 6.04 Å². The maximum Gasteiger partial charge on any atom is 0.253 e. The number of carbonyl (C=O) groups excluding carboxylic acids is 1. The Morgan fingerprint density at radius 2 is 1.72 bits per heavy atom. The largest absolute Gasteiger partial charge is 0.497 e. The lowest BCUT2D eigenvalue weighted by Crippen LogP contribution is -2.29. The number of methoxy groups -OCH3 is 1. The monoisotopic (exact) mass is 352 g/mol. The minimum atomic E-state index is -0.302. The summed E-state index contributed by atoms with van der Waals surface area (Å²) in [5, 5.41) is 3.37. The summed E-state index contributed by atoms with van der Waals surface area (Å²) in [7, 11) is 1.62. The summed E-state index contributed by atoms with van der Waals surface area (Å²) in [5.74, 6) is 0.510. The average Bonchev–Trinajstić information content (AvgIpc) is 2.67. The smallest absolute Gasteiger partial charge is 0.253 e. The van der Waals surface area contributed by atoms with Crippen LogP contribution in [-0.4, -0.2) is 18.0 Å². The number of benzene rings is 2. The van der Waals surface area contributed by atoms with Crippen molar-refractivity contribution in [2.75, 3.05) is 7.11 Å². The summed E-state index contributed by atoms with van der Waals surface area (Å²) in [5.41, 5.74) is 2.32. The Morgan fingerprint density at radius 3 is 2.36 bits per heavy atom. The van der Waals surface area contributed by atoms with Crippen LogP contribution >= 0.6 is 11.6 Å². The summed E-state index contributed by atoms with van der Waals surface area (Å²) < 4.78 is 5.21. The molecule has 0 aliphatic carbocycles. The number of nitrogens with zero attached hydrogens (tertiary/aromatic N) is 1. The number of ether oxygens (including phenoxy) is 1. The van der Waals surface area contributed by atoms with E-state index in [0.29, 0.717) is 10.6 Å². The van der Waals surface area contributed by atoms with Gasteiger partial charge in [0.05, 0.1) is 23.7 Å². The third-order valence-corrected chi connectivity index (χ3v) is 4.18. The molecule has 2 aromatic carbocycles. The summed E-state index contributed by atoms with van der Waals surface area (Å²) >= 11 is 6.09. The van der Waals surface area contributed by atoms with Gasteiger partial charge in [-0.25, -0.2) is 0 Å². The number of aromatic nitrogens is 1. The number of pyridine rings is 1. The number of halogens is 1. The summed E-state index contributed by atoms with van der Waals surface area (Å²) in [6, 6.07) is 18.7. The predicted octanol–water partition coefficient (Wildman–Crippen LogP) is 4.26. The molecule has 0 aliphatic rings. The molecule has 0 unspecified atom stereocenters. The van der Waals surface area contributed by atoms with E-state index in [2.05, 4.69) is 10.3 Å². The molecule has 4 nitrogen and oxygen atoms in total. The predicted molar refractivity (Wildman–Crippen MR) is 98.0 cm³/mol. The van der Waals surface area contributed by atoms with Crippen molar-refractivity contribution in [3.8, 4) is 5.75 Å². The minimum absolute atomic E-state index is 0.253. The van der Waals surface area contributed by atoms with Gasteiger partial charge in [-0.05, 0) is 29.3 Å². The fraction of sp³-hybridized carbons (Fsp3) is 0.100. The van der Waals surface area contributed by atoms with Crippen molar-refractivity contribution in [2.24, 2.45) is 0 Å². The maximum absolute atomic E-state index is 12.7. The molecule has 0 saturated carbocycles. The Hall–Kier alpha value is -2.85. The van der Waals surface area contributed by atoms with Gasteiger partial charge < -0.3 is 10.1 Å². The Kier molecular flexibility index (Phi) is 5.31. The molecular weight excluding hydrogens is 336 g/mol. The second-order valence-electron chi connectivity index (χ2n) is 5.45. The van der Waals surface area contributed by atoms with Crippen molar-refractivity contribution in [1.29, 1.82) is 0 Å². The molecule has 0 radical (unpaired) electrons. The van der Waals surface area contributed by atoms with Gasteiger partial charge in [0, 0.05) is 12.4 Å². The van der Waals surface area contributed by atoms with E-state index in [1.165, 1.54) is 6.20 Å². The van der Waals surface area contributed by atoms with Crippen molar-refractivity contribution < 1.29 is 9.53 Å². The number of hydrogen-bond donors (Lipinski definition) is 1. The van der Waals surface area contributed by atoms with Gasteiger partial charge in [-0.15, -0.1) is 0 Å². The number of nitrogens with one attached hydrogen (secondary N) is 1. The number of rotatable bonds is 5. The molecule has 0 fully saturated rings. The Labute approximate surface area is 151 Å². The molecule has 126 valence electrons. The van der Waals surface area contributed by atoms with Crippen LogP contribution in [0.25, 0.3) is 0 Å². The molecule has 1 heterocycles. The van der Waals surface area contributed by atoms with Crippen LogP contribution in [0.15, 0.2) is 73.1 Å². The fourth-order valence-corrected chi connectivity index (χ4v) is 2.77. The molecule has 1 aromatic heterocycles. The average molecular weight is 353 g/mol. The van der Waals surface area contributed by atoms with Gasteiger partial charge in [-0.2, -0.15) is 0 Å². The molecule has 0 bridgehead atoms. The first-order chi connectivity index (χ1) is 12.2. The van der Waals surface area contributed by atoms with Gasteiger partial charge in [0.15, 0.2) is 0 Å². The molecule has 0 saturated heterocycles. The zero-order valence-corrected chi connectivity index (χ0v) is 14.4. The second kappa shape index (κ2) is 7.81. The molecule has 25 heavy (non-hydrogen) atoms. The molecule has 5 heteroatoms. The van der Waals surface area contributed by atoms with Crippen molar-refractivity contribution in [3.63, 3.8) is 0 Å². The molecule has 0 spiro atoms. The summed E-state index contributed by atoms with van der Waals surface area (Å²) in [4.78, 5) is 16.6. The van der Waals surface area contributed by atoms with Crippen LogP contribution in [-0.2, 0) is 0 Å². The summed E-state index contributed by atoms with van der Waals surface area (Å²) in [6.07, 6.45) is 3.01. The standard InChI is InChI=1S/C20H17ClN2O2/c1-25-16-9-7-15(8-10-16)19(14-5-3-2-4-6-14)23-20(24)17-11-12-22-13-18(17)21/h2-13,19H,1H3,(H,23,24)/t19-/m1/s1. The summed E-state index contributed by atoms with van der Waals surface area (Å²) in [6.45, 7) is 0. The first-order valence-corrected chi connectivity index (χ1v) is 8.16. The molecule has 1 amide bonds. The van der Waals surface area contributed by atoms with E-state index in [1.807, 2.05) is 54.6 Å². The Bertz CT molecular complexity index is 851. The van der Waals surface area contributed by atoms with E-state index in [0.717, 1.165) is 16.9 Å². The highest BCUT2D eigenvalue weighted by atomic mass is 35.5. The van der Waals surface area contributed by atoms with Crippen LogP contribution in [0, 0.1) is 0 Å². The van der Waals surface area contributed by atoms with E-state index < -0.39 is 0 Å². The van der Waals surface area contributed by atoms with E-state index >= 15 is 0 Å². The van der Waals surface area contributed by atoms with E-state index in [9.17, 15) is 4.79 Å². The highest BCUT2D eigenvalue weighted by Gasteiger charge is 2.19. The third-order valence-electron chi connectivity index (χ3n) is 3.87. The topological polar surface area (TPSA) is 51.2 Å². The van der Waals surface area contributed by atoms with E-state index in [-0.39, 0.29) is 11.9 Å². The van der Waals surface area contributed by atoms with Crippen molar-refractivity contribution >= 4 is 17.5 Å². The number of carbonyl (C=O) groups is 1. The number of hydrogen-bond acceptors (Lipinski definition) is 3. The van der Waals surface area contributed by atoms with Gasteiger partial charge in [-0.1, -0.05) is 54.1 Å². The molecule has 1 atom stereocenters. The van der Waals surface area contributed by atoms with Crippen LogP contribution in [0.4, 0.5) is 0 Å². The molecule has 0 aliphatic heterocycles. The third kappa shape index (κ3) is 3.98. The van der Waals surface area contributed by atoms with Crippen LogP contribution in [0.3, 0.4) is 0 Å². The first-order valence-electron chi connectivity index (χ1n) is 7.78. The zero-order valence-electron chi connectivity index (χ0n) is 13.6. The lowest BCUT2D eigenvalue weighted by Gasteiger charge is -2.20. The quantitative estimate of drug-likeness (QED) is 0.746. The van der Waals surface area contributed by atoms with Crippen molar-refractivity contribution in [1.82, 2.24) is 10.3 Å². The van der Waals surface area contributed by atoms with Crippen LogP contribution in [0.1, 0.15) is 27.5 Å². The van der Waals surface area contributed by atoms with Gasteiger partial charge >= 0.3 is 0 Å². The fourth-order valence-electron chi connectivity index (χ4n) is 2.57. The normalized spacial score (nSPS) is 11.6. The highest BCUT2D eigenvalue weighted by molar-refractivity contribution is 6.33.